The molecule has 2 rings (SSSR count). The fourth-order valence-electron chi connectivity index (χ4n) is 3.92. The van der Waals surface area contributed by atoms with E-state index in [1.807, 2.05) is 62.1 Å². The Morgan fingerprint density at radius 3 is 2.41 bits per heavy atom. The summed E-state index contributed by atoms with van der Waals surface area (Å²) in [7, 11) is 0. The Morgan fingerprint density at radius 1 is 1.26 bits per heavy atom. The lowest BCUT2D eigenvalue weighted by Crippen LogP contribution is -2.47. The third-order valence-electron chi connectivity index (χ3n) is 5.33. The second-order valence-electron chi connectivity index (χ2n) is 8.65. The van der Waals surface area contributed by atoms with Gasteiger partial charge in [-0.05, 0) is 70.3 Å². The zero-order valence-corrected chi connectivity index (χ0v) is 17.1. The number of aliphatic hydroxyl groups is 1. The minimum atomic E-state index is -0.528. The van der Waals surface area contributed by atoms with E-state index in [2.05, 4.69) is 6.58 Å². The van der Waals surface area contributed by atoms with Crippen molar-refractivity contribution in [1.82, 2.24) is 4.90 Å². The molecule has 150 valence electrons. The molecular weight excluding hydrogens is 338 g/mol. The zero-order valence-electron chi connectivity index (χ0n) is 17.1. The third kappa shape index (κ3) is 6.69. The molecule has 27 heavy (non-hydrogen) atoms. The van der Waals surface area contributed by atoms with Crippen molar-refractivity contribution >= 4 is 6.09 Å². The zero-order chi connectivity index (χ0) is 19.9. The summed E-state index contributed by atoms with van der Waals surface area (Å²) in [4.78, 5) is 15.0. The molecule has 1 amide bonds. The summed E-state index contributed by atoms with van der Waals surface area (Å²) in [6.07, 6.45) is 6.48. The average Bonchev–Trinajstić information content (AvgIpc) is 2.64. The van der Waals surface area contributed by atoms with Crippen LogP contribution < -0.4 is 0 Å². The molecule has 0 bridgehead atoms. The van der Waals surface area contributed by atoms with Gasteiger partial charge in [-0.2, -0.15) is 0 Å². The maximum absolute atomic E-state index is 13.1. The van der Waals surface area contributed by atoms with E-state index >= 15 is 0 Å². The lowest BCUT2D eigenvalue weighted by molar-refractivity contribution is 0.00239. The fraction of sp³-hybridized carbons (Fsp3) is 0.609. The maximum atomic E-state index is 13.1. The summed E-state index contributed by atoms with van der Waals surface area (Å²) in [6, 6.07) is 10.1. The molecule has 0 aliphatic heterocycles. The van der Waals surface area contributed by atoms with Gasteiger partial charge in [0.05, 0.1) is 0 Å². The molecule has 4 nitrogen and oxygen atoms in total. The first-order chi connectivity index (χ1) is 12.8. The van der Waals surface area contributed by atoms with E-state index in [4.69, 9.17) is 4.74 Å². The van der Waals surface area contributed by atoms with Gasteiger partial charge in [-0.25, -0.2) is 4.79 Å². The van der Waals surface area contributed by atoms with E-state index < -0.39 is 5.60 Å². The number of rotatable bonds is 7. The molecular formula is C23H35NO3. The number of carbonyl (C=O) groups is 1. The predicted octanol–water partition coefficient (Wildman–Crippen LogP) is 5.17. The van der Waals surface area contributed by atoms with Crippen LogP contribution in [-0.4, -0.2) is 34.3 Å². The highest BCUT2D eigenvalue weighted by atomic mass is 16.6. The van der Waals surface area contributed by atoms with Gasteiger partial charge in [0, 0.05) is 19.2 Å². The van der Waals surface area contributed by atoms with Gasteiger partial charge >= 0.3 is 6.09 Å². The summed E-state index contributed by atoms with van der Waals surface area (Å²) >= 11 is 0. The Labute approximate surface area is 164 Å². The van der Waals surface area contributed by atoms with E-state index in [1.54, 1.807) is 0 Å². The van der Waals surface area contributed by atoms with E-state index in [9.17, 15) is 9.90 Å². The normalized spacial score (nSPS) is 21.3. The lowest BCUT2D eigenvalue weighted by atomic mass is 9.77. The van der Waals surface area contributed by atoms with Crippen LogP contribution in [0.1, 0.15) is 58.4 Å². The standard InChI is InChI=1S/C23H35NO3/c1-5-9-21(20-14-12-19(17-25)13-15-20)24(22(26)27-23(2,3)4)16-18-10-7-6-8-11-18/h5-8,10-11,19-21,25H,1,9,12-17H2,2-4H3/t19?,20?,21-/m0/s1. The van der Waals surface area contributed by atoms with Gasteiger partial charge in [-0.1, -0.05) is 36.4 Å². The highest BCUT2D eigenvalue weighted by Crippen LogP contribution is 2.35. The Balaban J connectivity index is 2.23. The first kappa shape index (κ1) is 21.5. The number of amides is 1. The third-order valence-corrected chi connectivity index (χ3v) is 5.33. The molecule has 1 aromatic rings. The summed E-state index contributed by atoms with van der Waals surface area (Å²) in [5, 5.41) is 9.44. The molecule has 1 aromatic carbocycles. The number of aliphatic hydroxyl groups excluding tert-OH is 1. The van der Waals surface area contributed by atoms with Crippen LogP contribution in [-0.2, 0) is 11.3 Å². The maximum Gasteiger partial charge on any atom is 0.410 e. The molecule has 0 aromatic heterocycles. The van der Waals surface area contributed by atoms with Gasteiger partial charge < -0.3 is 14.7 Å². The number of nitrogens with zero attached hydrogens (tertiary/aromatic N) is 1. The van der Waals surface area contributed by atoms with Crippen molar-refractivity contribution in [1.29, 1.82) is 0 Å². The molecule has 0 radical (unpaired) electrons. The van der Waals surface area contributed by atoms with Crippen molar-refractivity contribution in [2.75, 3.05) is 6.61 Å². The monoisotopic (exact) mass is 373 g/mol. The van der Waals surface area contributed by atoms with Crippen LogP contribution in [0.15, 0.2) is 43.0 Å². The molecule has 1 fully saturated rings. The molecule has 1 N–H and O–H groups in total. The molecule has 1 atom stereocenters. The van der Waals surface area contributed by atoms with Crippen LogP contribution in [0.5, 0.6) is 0 Å². The van der Waals surface area contributed by atoms with Gasteiger partial charge in [-0.15, -0.1) is 6.58 Å². The smallest absolute Gasteiger partial charge is 0.410 e. The van der Waals surface area contributed by atoms with E-state index in [-0.39, 0.29) is 18.7 Å². The second kappa shape index (κ2) is 9.93. The Bertz CT molecular complexity index is 585. The molecule has 0 heterocycles. The van der Waals surface area contributed by atoms with E-state index in [1.165, 1.54) is 0 Å². The van der Waals surface area contributed by atoms with Crippen molar-refractivity contribution < 1.29 is 14.6 Å². The van der Waals surface area contributed by atoms with Crippen LogP contribution >= 0.6 is 0 Å². The van der Waals surface area contributed by atoms with E-state index in [0.29, 0.717) is 18.4 Å². The SMILES string of the molecule is C=CC[C@@H](C1CCC(CO)CC1)N(Cc1ccccc1)C(=O)OC(C)(C)C. The van der Waals surface area contributed by atoms with Crippen molar-refractivity contribution in [3.05, 3.63) is 48.6 Å². The van der Waals surface area contributed by atoms with Crippen molar-refractivity contribution in [3.63, 3.8) is 0 Å². The Hall–Kier alpha value is -1.81. The van der Waals surface area contributed by atoms with Crippen LogP contribution in [0.3, 0.4) is 0 Å². The molecule has 0 unspecified atom stereocenters. The molecule has 4 heteroatoms. The molecule has 0 saturated heterocycles. The highest BCUT2D eigenvalue weighted by molar-refractivity contribution is 5.68. The Kier molecular flexibility index (Phi) is 7.91. The minimum Gasteiger partial charge on any atom is -0.444 e. The molecule has 1 aliphatic carbocycles. The summed E-state index contributed by atoms with van der Waals surface area (Å²) in [5.41, 5.74) is 0.570. The van der Waals surface area contributed by atoms with Crippen molar-refractivity contribution in [2.45, 2.75) is 71.1 Å². The molecule has 1 saturated carbocycles. The summed E-state index contributed by atoms with van der Waals surface area (Å²) in [5.74, 6) is 0.803. The number of hydrogen-bond donors (Lipinski definition) is 1. The van der Waals surface area contributed by atoms with Crippen LogP contribution in [0.2, 0.25) is 0 Å². The van der Waals surface area contributed by atoms with Crippen molar-refractivity contribution in [3.8, 4) is 0 Å². The average molecular weight is 374 g/mol. The van der Waals surface area contributed by atoms with Crippen LogP contribution in [0.4, 0.5) is 4.79 Å². The van der Waals surface area contributed by atoms with Crippen molar-refractivity contribution in [2.24, 2.45) is 11.8 Å². The van der Waals surface area contributed by atoms with Gasteiger partial charge in [0.15, 0.2) is 0 Å². The quantitative estimate of drug-likeness (QED) is 0.671. The van der Waals surface area contributed by atoms with Gasteiger partial charge in [0.1, 0.15) is 5.60 Å². The topological polar surface area (TPSA) is 49.8 Å². The fourth-order valence-corrected chi connectivity index (χ4v) is 3.92. The lowest BCUT2D eigenvalue weighted by Gasteiger charge is -2.40. The second-order valence-corrected chi connectivity index (χ2v) is 8.65. The van der Waals surface area contributed by atoms with Gasteiger partial charge in [0.25, 0.3) is 0 Å². The predicted molar refractivity (Wildman–Crippen MR) is 109 cm³/mol. The first-order valence-corrected chi connectivity index (χ1v) is 10.1. The van der Waals surface area contributed by atoms with Gasteiger partial charge in [0.2, 0.25) is 0 Å². The highest BCUT2D eigenvalue weighted by Gasteiger charge is 2.35. The number of hydrogen-bond acceptors (Lipinski definition) is 3. The van der Waals surface area contributed by atoms with Gasteiger partial charge in [-0.3, -0.25) is 0 Å². The van der Waals surface area contributed by atoms with E-state index in [0.717, 1.165) is 37.7 Å². The number of benzene rings is 1. The summed E-state index contributed by atoms with van der Waals surface area (Å²) < 4.78 is 5.75. The number of carbonyl (C=O) groups excluding carboxylic acids is 1. The van der Waals surface area contributed by atoms with Crippen LogP contribution in [0, 0.1) is 11.8 Å². The Morgan fingerprint density at radius 2 is 1.89 bits per heavy atom. The number of ether oxygens (including phenoxy) is 1. The largest absolute Gasteiger partial charge is 0.444 e. The molecule has 0 spiro atoms. The van der Waals surface area contributed by atoms with Crippen LogP contribution in [0.25, 0.3) is 0 Å². The summed E-state index contributed by atoms with van der Waals surface area (Å²) in [6.45, 7) is 10.4. The minimum absolute atomic E-state index is 0.0669. The first-order valence-electron chi connectivity index (χ1n) is 10.1. The molecule has 1 aliphatic rings.